The molecule has 0 saturated carbocycles. The van der Waals surface area contributed by atoms with Crippen LogP contribution in [0.1, 0.15) is 46.7 Å². The van der Waals surface area contributed by atoms with E-state index in [1.807, 2.05) is 65.2 Å². The lowest BCUT2D eigenvalue weighted by Crippen LogP contribution is -2.44. The maximum Gasteiger partial charge on any atom is 0.362 e. The molecule has 0 N–H and O–H groups in total. The van der Waals surface area contributed by atoms with Crippen LogP contribution in [0.15, 0.2) is 54.9 Å². The van der Waals surface area contributed by atoms with Gasteiger partial charge in [0.15, 0.2) is 5.75 Å². The molecule has 4 rings (SSSR count). The average Bonchev–Trinajstić information content (AvgIpc) is 3.46. The first-order valence-electron chi connectivity index (χ1n) is 10.9. The molecule has 0 aliphatic carbocycles. The van der Waals surface area contributed by atoms with E-state index in [9.17, 15) is 9.59 Å². The van der Waals surface area contributed by atoms with E-state index >= 15 is 0 Å². The highest BCUT2D eigenvalue weighted by Gasteiger charge is 2.29. The Hall–Kier alpha value is -3.55. The van der Waals surface area contributed by atoms with Crippen molar-refractivity contribution in [3.8, 4) is 11.4 Å². The molecule has 1 fully saturated rings. The third kappa shape index (κ3) is 4.54. The van der Waals surface area contributed by atoms with Crippen LogP contribution in [0.5, 0.6) is 5.75 Å². The van der Waals surface area contributed by atoms with Gasteiger partial charge in [-0.1, -0.05) is 18.2 Å². The number of aromatic nitrogens is 3. The Labute approximate surface area is 187 Å². The Morgan fingerprint density at radius 1 is 1.12 bits per heavy atom. The molecule has 3 aromatic rings. The number of carbonyl (C=O) groups is 2. The Morgan fingerprint density at radius 2 is 1.94 bits per heavy atom. The van der Waals surface area contributed by atoms with Crippen molar-refractivity contribution in [3.05, 3.63) is 66.2 Å². The van der Waals surface area contributed by atoms with Gasteiger partial charge in [0.2, 0.25) is 5.69 Å². The van der Waals surface area contributed by atoms with Gasteiger partial charge in [-0.3, -0.25) is 4.79 Å². The molecule has 1 aromatic carbocycles. The number of nitrogens with zero attached hydrogens (tertiary/aromatic N) is 4. The molecule has 1 aliphatic heterocycles. The summed E-state index contributed by atoms with van der Waals surface area (Å²) in [4.78, 5) is 27.6. The molecule has 1 amide bonds. The van der Waals surface area contributed by atoms with Crippen molar-refractivity contribution in [2.75, 3.05) is 20.3 Å². The van der Waals surface area contributed by atoms with E-state index in [1.165, 1.54) is 7.11 Å². The summed E-state index contributed by atoms with van der Waals surface area (Å²) < 4.78 is 14.3. The Bertz CT molecular complexity index is 1070. The molecule has 0 spiro atoms. The highest BCUT2D eigenvalue weighted by Crippen LogP contribution is 2.24. The smallest absolute Gasteiger partial charge is 0.362 e. The molecule has 8 nitrogen and oxygen atoms in total. The minimum Gasteiger partial charge on any atom is -0.493 e. The van der Waals surface area contributed by atoms with E-state index in [-0.39, 0.29) is 24.2 Å². The van der Waals surface area contributed by atoms with Gasteiger partial charge in [-0.2, -0.15) is 5.10 Å². The van der Waals surface area contributed by atoms with Crippen LogP contribution in [0.25, 0.3) is 5.69 Å². The Kier molecular flexibility index (Phi) is 6.58. The van der Waals surface area contributed by atoms with Crippen LogP contribution in [0.4, 0.5) is 0 Å². The fourth-order valence-electron chi connectivity index (χ4n) is 4.12. The second-order valence-electron chi connectivity index (χ2n) is 7.90. The molecule has 3 heterocycles. The largest absolute Gasteiger partial charge is 0.493 e. The van der Waals surface area contributed by atoms with Crippen molar-refractivity contribution in [2.45, 2.75) is 31.7 Å². The number of esters is 1. The van der Waals surface area contributed by atoms with Gasteiger partial charge in [0, 0.05) is 32.3 Å². The first-order chi connectivity index (χ1) is 15.6. The SMILES string of the molecule is COc1cn(-c2ccccc2)nc1C(=O)OCCC1CCCCN1C(=O)c1cccn1C. The summed E-state index contributed by atoms with van der Waals surface area (Å²) in [7, 11) is 3.37. The number of amides is 1. The maximum absolute atomic E-state index is 13.0. The van der Waals surface area contributed by atoms with Gasteiger partial charge in [-0.25, -0.2) is 9.48 Å². The van der Waals surface area contributed by atoms with Crippen molar-refractivity contribution >= 4 is 11.9 Å². The highest BCUT2D eigenvalue weighted by atomic mass is 16.5. The number of ether oxygens (including phenoxy) is 2. The zero-order chi connectivity index (χ0) is 22.5. The highest BCUT2D eigenvalue weighted by molar-refractivity contribution is 5.93. The fourth-order valence-corrected chi connectivity index (χ4v) is 4.12. The second-order valence-corrected chi connectivity index (χ2v) is 7.90. The van der Waals surface area contributed by atoms with Crippen molar-refractivity contribution in [1.29, 1.82) is 0 Å². The normalized spacial score (nSPS) is 16.1. The van der Waals surface area contributed by atoms with Crippen LogP contribution in [0, 0.1) is 0 Å². The van der Waals surface area contributed by atoms with Crippen LogP contribution in [0.2, 0.25) is 0 Å². The molecule has 0 radical (unpaired) electrons. The molecule has 8 heteroatoms. The van der Waals surface area contributed by atoms with Gasteiger partial charge in [0.1, 0.15) is 5.69 Å². The predicted octanol–water partition coefficient (Wildman–Crippen LogP) is 3.46. The third-order valence-corrected chi connectivity index (χ3v) is 5.85. The van der Waals surface area contributed by atoms with Crippen LogP contribution in [0.3, 0.4) is 0 Å². The van der Waals surface area contributed by atoms with Crippen molar-refractivity contribution in [2.24, 2.45) is 7.05 Å². The van der Waals surface area contributed by atoms with Gasteiger partial charge in [0.05, 0.1) is 25.6 Å². The third-order valence-electron chi connectivity index (χ3n) is 5.85. The lowest BCUT2D eigenvalue weighted by molar-refractivity contribution is 0.0398. The van der Waals surface area contributed by atoms with Gasteiger partial charge < -0.3 is 18.9 Å². The van der Waals surface area contributed by atoms with E-state index in [4.69, 9.17) is 9.47 Å². The first-order valence-corrected chi connectivity index (χ1v) is 10.9. The van der Waals surface area contributed by atoms with Gasteiger partial charge in [-0.15, -0.1) is 0 Å². The van der Waals surface area contributed by atoms with Crippen LogP contribution in [-0.2, 0) is 11.8 Å². The van der Waals surface area contributed by atoms with E-state index in [1.54, 1.807) is 10.9 Å². The molecule has 1 saturated heterocycles. The summed E-state index contributed by atoms with van der Waals surface area (Å²) >= 11 is 0. The second kappa shape index (κ2) is 9.72. The number of piperidine rings is 1. The molecule has 1 aliphatic rings. The predicted molar refractivity (Wildman–Crippen MR) is 119 cm³/mol. The molecule has 1 unspecified atom stereocenters. The van der Waals surface area contributed by atoms with E-state index in [2.05, 4.69) is 5.10 Å². The van der Waals surface area contributed by atoms with Crippen LogP contribution < -0.4 is 4.74 Å². The number of likely N-dealkylation sites (tertiary alicyclic amines) is 1. The number of rotatable bonds is 7. The maximum atomic E-state index is 13.0. The van der Waals surface area contributed by atoms with E-state index in [0.29, 0.717) is 17.9 Å². The fraction of sp³-hybridized carbons (Fsp3) is 0.375. The number of methoxy groups -OCH3 is 1. The summed E-state index contributed by atoms with van der Waals surface area (Å²) in [5.41, 5.74) is 1.63. The number of para-hydroxylation sites is 1. The lowest BCUT2D eigenvalue weighted by Gasteiger charge is -2.35. The molecule has 1 atom stereocenters. The minimum absolute atomic E-state index is 0.0248. The summed E-state index contributed by atoms with van der Waals surface area (Å²) in [6, 6.07) is 13.2. The lowest BCUT2D eigenvalue weighted by atomic mass is 9.99. The number of carbonyl (C=O) groups excluding carboxylic acids is 2. The molecular weight excluding hydrogens is 408 g/mol. The van der Waals surface area contributed by atoms with Gasteiger partial charge in [0.25, 0.3) is 5.91 Å². The van der Waals surface area contributed by atoms with E-state index in [0.717, 1.165) is 31.5 Å². The average molecular weight is 437 g/mol. The summed E-state index contributed by atoms with van der Waals surface area (Å²) in [5.74, 6) is -0.151. The number of hydrogen-bond acceptors (Lipinski definition) is 5. The topological polar surface area (TPSA) is 78.6 Å². The summed E-state index contributed by atoms with van der Waals surface area (Å²) in [6.45, 7) is 0.930. The van der Waals surface area contributed by atoms with Crippen molar-refractivity contribution < 1.29 is 19.1 Å². The zero-order valence-corrected chi connectivity index (χ0v) is 18.4. The molecule has 2 aromatic heterocycles. The van der Waals surface area contributed by atoms with Gasteiger partial charge in [-0.05, 0) is 43.5 Å². The summed E-state index contributed by atoms with van der Waals surface area (Å²) in [5, 5.41) is 4.35. The van der Waals surface area contributed by atoms with Gasteiger partial charge >= 0.3 is 5.97 Å². The van der Waals surface area contributed by atoms with Crippen molar-refractivity contribution in [3.63, 3.8) is 0 Å². The number of hydrogen-bond donors (Lipinski definition) is 0. The summed E-state index contributed by atoms with van der Waals surface area (Å²) in [6.07, 6.45) is 7.07. The van der Waals surface area contributed by atoms with E-state index < -0.39 is 5.97 Å². The number of aryl methyl sites for hydroxylation is 1. The molecule has 0 bridgehead atoms. The first kappa shape index (κ1) is 21.7. The van der Waals surface area contributed by atoms with Crippen LogP contribution in [-0.4, -0.2) is 57.4 Å². The Balaban J connectivity index is 1.39. The van der Waals surface area contributed by atoms with Crippen molar-refractivity contribution in [1.82, 2.24) is 19.2 Å². The molecular formula is C24H28N4O4. The standard InChI is InChI=1S/C24H28N4O4/c1-26-14-8-12-20(26)23(29)27-15-7-6-9-18(27)13-16-32-24(30)22-21(31-2)17-28(25-22)19-10-4-3-5-11-19/h3-5,8,10-12,14,17-18H,6-7,9,13,15-16H2,1-2H3. The van der Waals surface area contributed by atoms with Crippen LogP contribution >= 0.6 is 0 Å². The quantitative estimate of drug-likeness (QED) is 0.530. The zero-order valence-electron chi connectivity index (χ0n) is 18.4. The number of benzene rings is 1. The molecule has 32 heavy (non-hydrogen) atoms. The molecule has 168 valence electrons. The monoisotopic (exact) mass is 436 g/mol. The minimum atomic E-state index is -0.535. The Morgan fingerprint density at radius 3 is 2.66 bits per heavy atom.